The molecular formula is C9H16BrN3O. The number of halogens is 1. The quantitative estimate of drug-likeness (QED) is 0.762. The van der Waals surface area contributed by atoms with E-state index < -0.39 is 0 Å². The van der Waals surface area contributed by atoms with Gasteiger partial charge in [0.2, 0.25) is 0 Å². The van der Waals surface area contributed by atoms with Gasteiger partial charge in [-0.25, -0.2) is 4.68 Å². The zero-order valence-electron chi connectivity index (χ0n) is 8.77. The second kappa shape index (κ2) is 5.46. The van der Waals surface area contributed by atoms with Crippen LogP contribution in [0, 0.1) is 5.92 Å². The van der Waals surface area contributed by atoms with E-state index in [9.17, 15) is 0 Å². The number of methoxy groups -OCH3 is 1. The van der Waals surface area contributed by atoms with Crippen LogP contribution in [-0.2, 0) is 11.3 Å². The van der Waals surface area contributed by atoms with Crippen molar-refractivity contribution < 1.29 is 4.74 Å². The molecular weight excluding hydrogens is 246 g/mol. The zero-order chi connectivity index (χ0) is 10.6. The van der Waals surface area contributed by atoms with Crippen LogP contribution in [0.15, 0.2) is 6.20 Å². The van der Waals surface area contributed by atoms with E-state index in [0.29, 0.717) is 12.5 Å². The van der Waals surface area contributed by atoms with Crippen molar-refractivity contribution in [3.8, 4) is 0 Å². The lowest BCUT2D eigenvalue weighted by molar-refractivity contribution is 0.198. The van der Waals surface area contributed by atoms with Crippen molar-refractivity contribution in [3.63, 3.8) is 0 Å². The topological polar surface area (TPSA) is 39.9 Å². The molecule has 0 bridgehead atoms. The maximum absolute atomic E-state index is 5.07. The molecule has 0 N–H and O–H groups in total. The summed E-state index contributed by atoms with van der Waals surface area (Å²) in [5.74, 6) is 0.567. The Labute approximate surface area is 92.8 Å². The van der Waals surface area contributed by atoms with Crippen LogP contribution in [0.5, 0.6) is 0 Å². The van der Waals surface area contributed by atoms with E-state index in [-0.39, 0.29) is 4.83 Å². The maximum atomic E-state index is 5.07. The van der Waals surface area contributed by atoms with Crippen molar-refractivity contribution in [2.45, 2.75) is 25.2 Å². The van der Waals surface area contributed by atoms with E-state index >= 15 is 0 Å². The van der Waals surface area contributed by atoms with Gasteiger partial charge in [0.15, 0.2) is 0 Å². The number of aromatic nitrogens is 3. The highest BCUT2D eigenvalue weighted by Crippen LogP contribution is 2.22. The van der Waals surface area contributed by atoms with Gasteiger partial charge in [0.1, 0.15) is 0 Å². The van der Waals surface area contributed by atoms with Crippen molar-refractivity contribution in [2.75, 3.05) is 13.7 Å². The molecule has 0 radical (unpaired) electrons. The molecule has 1 heterocycles. The van der Waals surface area contributed by atoms with Gasteiger partial charge in [0.05, 0.1) is 23.3 Å². The van der Waals surface area contributed by atoms with E-state index in [4.69, 9.17) is 4.74 Å². The molecule has 0 amide bonds. The van der Waals surface area contributed by atoms with E-state index in [1.165, 1.54) is 0 Å². The predicted molar refractivity (Wildman–Crippen MR) is 58.4 cm³/mol. The van der Waals surface area contributed by atoms with E-state index in [0.717, 1.165) is 12.2 Å². The minimum Gasteiger partial charge on any atom is -0.383 e. The SMILES string of the molecule is COCC(Br)c1cnnn1CC(C)C. The molecule has 4 nitrogen and oxygen atoms in total. The summed E-state index contributed by atoms with van der Waals surface area (Å²) >= 11 is 3.54. The smallest absolute Gasteiger partial charge is 0.0814 e. The fourth-order valence-corrected chi connectivity index (χ4v) is 1.85. The van der Waals surface area contributed by atoms with E-state index in [1.807, 2.05) is 4.68 Å². The number of hydrogen-bond donors (Lipinski definition) is 0. The average Bonchev–Trinajstić information content (AvgIpc) is 2.51. The van der Waals surface area contributed by atoms with Gasteiger partial charge in [-0.15, -0.1) is 5.10 Å². The number of hydrogen-bond acceptors (Lipinski definition) is 3. The number of ether oxygens (including phenoxy) is 1. The molecule has 0 fully saturated rings. The molecule has 0 aliphatic heterocycles. The molecule has 1 unspecified atom stereocenters. The summed E-state index contributed by atoms with van der Waals surface area (Å²) in [4.78, 5) is 0.168. The summed E-state index contributed by atoms with van der Waals surface area (Å²) in [5.41, 5.74) is 1.07. The van der Waals surface area contributed by atoms with Crippen LogP contribution in [0.2, 0.25) is 0 Å². The predicted octanol–water partition coefficient (Wildman–Crippen LogP) is 2.02. The largest absolute Gasteiger partial charge is 0.383 e. The summed E-state index contributed by atoms with van der Waals surface area (Å²) in [6, 6.07) is 0. The Hall–Kier alpha value is -0.420. The number of rotatable bonds is 5. The molecule has 80 valence electrons. The Kier molecular flexibility index (Phi) is 4.54. The van der Waals surface area contributed by atoms with E-state index in [1.54, 1.807) is 13.3 Å². The van der Waals surface area contributed by atoms with Crippen molar-refractivity contribution in [1.82, 2.24) is 15.0 Å². The molecule has 0 saturated carbocycles. The fraction of sp³-hybridized carbons (Fsp3) is 0.778. The number of nitrogens with zero attached hydrogens (tertiary/aromatic N) is 3. The van der Waals surface area contributed by atoms with Gasteiger partial charge >= 0.3 is 0 Å². The molecule has 1 aromatic heterocycles. The molecule has 0 aromatic carbocycles. The van der Waals surface area contributed by atoms with Crippen LogP contribution in [0.25, 0.3) is 0 Å². The second-order valence-electron chi connectivity index (χ2n) is 3.66. The lowest BCUT2D eigenvalue weighted by Gasteiger charge is -2.12. The van der Waals surface area contributed by atoms with Gasteiger partial charge in [-0.1, -0.05) is 35.0 Å². The first-order valence-corrected chi connectivity index (χ1v) is 5.58. The van der Waals surface area contributed by atoms with E-state index in [2.05, 4.69) is 40.1 Å². The third-order valence-corrected chi connectivity index (χ3v) is 2.55. The highest BCUT2D eigenvalue weighted by atomic mass is 79.9. The first kappa shape index (κ1) is 11.7. The zero-order valence-corrected chi connectivity index (χ0v) is 10.4. The Bertz CT molecular complexity index is 275. The highest BCUT2D eigenvalue weighted by Gasteiger charge is 2.14. The van der Waals surface area contributed by atoms with Gasteiger partial charge in [0.25, 0.3) is 0 Å². The van der Waals surface area contributed by atoms with Crippen LogP contribution in [0.4, 0.5) is 0 Å². The minimum absolute atomic E-state index is 0.168. The van der Waals surface area contributed by atoms with Gasteiger partial charge in [-0.3, -0.25) is 0 Å². The standard InChI is InChI=1S/C9H16BrN3O/c1-7(2)5-13-9(4-11-12-13)8(10)6-14-3/h4,7-8H,5-6H2,1-3H3. The van der Waals surface area contributed by atoms with Gasteiger partial charge < -0.3 is 4.74 Å². The Morgan fingerprint density at radius 3 is 2.86 bits per heavy atom. The lowest BCUT2D eigenvalue weighted by atomic mass is 10.2. The Morgan fingerprint density at radius 2 is 2.29 bits per heavy atom. The normalized spacial score (nSPS) is 13.5. The molecule has 0 aliphatic carbocycles. The highest BCUT2D eigenvalue weighted by molar-refractivity contribution is 9.09. The Balaban J connectivity index is 2.70. The average molecular weight is 262 g/mol. The van der Waals surface area contributed by atoms with Crippen LogP contribution in [0.3, 0.4) is 0 Å². The third kappa shape index (κ3) is 3.06. The summed E-state index contributed by atoms with van der Waals surface area (Å²) in [6.45, 7) is 5.84. The number of alkyl halides is 1. The maximum Gasteiger partial charge on any atom is 0.0814 e. The van der Waals surface area contributed by atoms with Crippen molar-refractivity contribution in [3.05, 3.63) is 11.9 Å². The molecule has 0 aliphatic rings. The van der Waals surface area contributed by atoms with Gasteiger partial charge in [-0.05, 0) is 5.92 Å². The van der Waals surface area contributed by atoms with Crippen molar-refractivity contribution >= 4 is 15.9 Å². The van der Waals surface area contributed by atoms with Crippen molar-refractivity contribution in [2.24, 2.45) is 5.92 Å². The molecule has 14 heavy (non-hydrogen) atoms. The molecule has 5 heteroatoms. The molecule has 0 spiro atoms. The minimum atomic E-state index is 0.168. The fourth-order valence-electron chi connectivity index (χ4n) is 1.23. The molecule has 1 atom stereocenters. The molecule has 1 aromatic rings. The lowest BCUT2D eigenvalue weighted by Crippen LogP contribution is -2.12. The third-order valence-electron chi connectivity index (χ3n) is 1.82. The van der Waals surface area contributed by atoms with Crippen LogP contribution >= 0.6 is 15.9 Å². The second-order valence-corrected chi connectivity index (χ2v) is 4.76. The summed E-state index contributed by atoms with van der Waals surface area (Å²) in [6.07, 6.45) is 1.78. The van der Waals surface area contributed by atoms with Gasteiger partial charge in [0, 0.05) is 13.7 Å². The molecule has 1 rings (SSSR count). The summed E-state index contributed by atoms with van der Waals surface area (Å²) in [5, 5.41) is 7.95. The Morgan fingerprint density at radius 1 is 1.57 bits per heavy atom. The monoisotopic (exact) mass is 261 g/mol. The van der Waals surface area contributed by atoms with Crippen LogP contribution in [0.1, 0.15) is 24.4 Å². The molecule has 0 saturated heterocycles. The van der Waals surface area contributed by atoms with Crippen molar-refractivity contribution in [1.29, 1.82) is 0 Å². The first-order valence-electron chi connectivity index (χ1n) is 4.66. The summed E-state index contributed by atoms with van der Waals surface area (Å²) in [7, 11) is 1.69. The summed E-state index contributed by atoms with van der Waals surface area (Å²) < 4.78 is 6.99. The van der Waals surface area contributed by atoms with Crippen LogP contribution in [-0.4, -0.2) is 28.7 Å². The van der Waals surface area contributed by atoms with Crippen LogP contribution < -0.4 is 0 Å². The first-order chi connectivity index (χ1) is 6.65. The van der Waals surface area contributed by atoms with Gasteiger partial charge in [-0.2, -0.15) is 0 Å².